The van der Waals surface area contributed by atoms with Gasteiger partial charge in [-0.2, -0.15) is 0 Å². The minimum atomic E-state index is -0.110. The quantitative estimate of drug-likeness (QED) is 0.319. The Bertz CT molecular complexity index is 468. The van der Waals surface area contributed by atoms with Crippen molar-refractivity contribution < 1.29 is 10.0 Å². The van der Waals surface area contributed by atoms with Crippen LogP contribution in [0.4, 0.5) is 0 Å². The van der Waals surface area contributed by atoms with E-state index in [1.54, 1.807) is 6.07 Å². The van der Waals surface area contributed by atoms with E-state index in [4.69, 9.17) is 5.21 Å². The van der Waals surface area contributed by atoms with E-state index in [0.717, 1.165) is 11.0 Å². The molecule has 0 fully saturated rings. The van der Waals surface area contributed by atoms with Crippen LogP contribution in [0.5, 0.6) is 0 Å². The summed E-state index contributed by atoms with van der Waals surface area (Å²) in [7, 11) is 0. The molecule has 0 aliphatic heterocycles. The van der Waals surface area contributed by atoms with Crippen LogP contribution in [0.3, 0.4) is 0 Å². The average Bonchev–Trinajstić information content (AvgIpc) is 2.63. The fourth-order valence-corrected chi connectivity index (χ4v) is 1.20. The van der Waals surface area contributed by atoms with Gasteiger partial charge < -0.3 is 10.2 Å². The van der Waals surface area contributed by atoms with Crippen LogP contribution < -0.4 is 0 Å². The topological polar surface area (TPSA) is 78.3 Å². The van der Waals surface area contributed by atoms with E-state index in [0.29, 0.717) is 6.29 Å². The van der Waals surface area contributed by atoms with Gasteiger partial charge >= 0.3 is 0 Å². The van der Waals surface area contributed by atoms with Crippen LogP contribution in [0.2, 0.25) is 0 Å². The zero-order valence-corrected chi connectivity index (χ0v) is 7.14. The van der Waals surface area contributed by atoms with E-state index < -0.39 is 0 Å². The van der Waals surface area contributed by atoms with E-state index in [1.807, 2.05) is 18.2 Å². The van der Waals surface area contributed by atoms with Crippen molar-refractivity contribution in [1.82, 2.24) is 9.97 Å². The molecular formula is C9H7N3O2. The highest BCUT2D eigenvalue weighted by Gasteiger charge is 2.08. The van der Waals surface area contributed by atoms with Crippen LogP contribution in [0, 0.1) is 0 Å². The number of carbonyl (C=O) groups excluding carboxylic acids is 1. The third-order valence-corrected chi connectivity index (χ3v) is 1.85. The molecular weight excluding hydrogens is 182 g/mol. The zero-order valence-electron chi connectivity index (χ0n) is 7.14. The molecule has 2 aromatic rings. The first kappa shape index (κ1) is 8.43. The summed E-state index contributed by atoms with van der Waals surface area (Å²) in [6, 6.07) is 7.31. The number of hydrogen-bond acceptors (Lipinski definition) is 4. The highest BCUT2D eigenvalue weighted by molar-refractivity contribution is 6.35. The van der Waals surface area contributed by atoms with Crippen molar-refractivity contribution in [2.24, 2.45) is 5.16 Å². The second-order valence-electron chi connectivity index (χ2n) is 2.71. The largest absolute Gasteiger partial charge is 0.410 e. The Hall–Kier alpha value is -2.17. The lowest BCUT2D eigenvalue weighted by atomic mass is 10.3. The lowest BCUT2D eigenvalue weighted by Gasteiger charge is -1.86. The van der Waals surface area contributed by atoms with Crippen molar-refractivity contribution in [2.45, 2.75) is 0 Å². The number of fused-ring (bicyclic) bond motifs is 1. The molecule has 5 heteroatoms. The number of rotatable bonds is 2. The predicted octanol–water partition coefficient (Wildman–Crippen LogP) is 0.940. The third-order valence-electron chi connectivity index (χ3n) is 1.85. The summed E-state index contributed by atoms with van der Waals surface area (Å²) in [5.41, 5.74) is 1.41. The molecule has 0 unspecified atom stereocenters. The second kappa shape index (κ2) is 3.29. The van der Waals surface area contributed by atoms with E-state index >= 15 is 0 Å². The van der Waals surface area contributed by atoms with Gasteiger partial charge in [0.15, 0.2) is 17.8 Å². The average molecular weight is 189 g/mol. The number of aromatic nitrogens is 2. The Morgan fingerprint density at radius 1 is 1.50 bits per heavy atom. The number of hydrogen-bond donors (Lipinski definition) is 2. The van der Waals surface area contributed by atoms with E-state index in [1.165, 1.54) is 0 Å². The first-order chi connectivity index (χ1) is 6.85. The smallest absolute Gasteiger partial charge is 0.184 e. The molecule has 0 radical (unpaired) electrons. The van der Waals surface area contributed by atoms with E-state index in [-0.39, 0.29) is 11.5 Å². The Labute approximate surface area is 79.1 Å². The number of carbonyl (C=O) groups is 1. The Morgan fingerprint density at radius 3 is 2.93 bits per heavy atom. The fraction of sp³-hybridized carbons (Fsp3) is 0. The van der Waals surface area contributed by atoms with Crippen molar-refractivity contribution in [3.63, 3.8) is 0 Å². The number of aldehydes is 1. The van der Waals surface area contributed by atoms with Gasteiger partial charge in [-0.3, -0.25) is 4.79 Å². The summed E-state index contributed by atoms with van der Waals surface area (Å²) in [5.74, 6) is 0.267. The normalized spacial score (nSPS) is 11.9. The number of aromatic amines is 1. The molecule has 0 bridgehead atoms. The van der Waals surface area contributed by atoms with Gasteiger partial charge in [0.05, 0.1) is 11.0 Å². The van der Waals surface area contributed by atoms with Crippen molar-refractivity contribution in [3.8, 4) is 0 Å². The van der Waals surface area contributed by atoms with Gasteiger partial charge in [0.25, 0.3) is 0 Å². The zero-order chi connectivity index (χ0) is 9.97. The van der Waals surface area contributed by atoms with Gasteiger partial charge in [0, 0.05) is 0 Å². The maximum Gasteiger partial charge on any atom is 0.184 e. The number of imidazole rings is 1. The van der Waals surface area contributed by atoms with Crippen LogP contribution in [-0.2, 0) is 4.79 Å². The lowest BCUT2D eigenvalue weighted by molar-refractivity contribution is -0.102. The molecule has 1 aromatic heterocycles. The monoisotopic (exact) mass is 189 g/mol. The third kappa shape index (κ3) is 1.24. The molecule has 0 aliphatic carbocycles. The first-order valence-corrected chi connectivity index (χ1v) is 3.97. The number of benzene rings is 1. The number of oxime groups is 1. The van der Waals surface area contributed by atoms with Crippen molar-refractivity contribution >= 4 is 23.0 Å². The minimum Gasteiger partial charge on any atom is -0.410 e. The van der Waals surface area contributed by atoms with Gasteiger partial charge in [-0.25, -0.2) is 4.98 Å². The lowest BCUT2D eigenvalue weighted by Crippen LogP contribution is -2.04. The molecule has 0 spiro atoms. The SMILES string of the molecule is O=CC(=NO)c1nc2ccccc2[nH]1. The second-order valence-corrected chi connectivity index (χ2v) is 2.71. The van der Waals surface area contributed by atoms with E-state index in [2.05, 4.69) is 15.1 Å². The molecule has 1 heterocycles. The highest BCUT2D eigenvalue weighted by Crippen LogP contribution is 2.10. The van der Waals surface area contributed by atoms with Crippen molar-refractivity contribution in [2.75, 3.05) is 0 Å². The summed E-state index contributed by atoms with van der Waals surface area (Å²) < 4.78 is 0. The number of nitrogens with zero attached hydrogens (tertiary/aromatic N) is 2. The maximum absolute atomic E-state index is 10.5. The molecule has 0 aliphatic rings. The van der Waals surface area contributed by atoms with Crippen LogP contribution in [-0.4, -0.2) is 27.2 Å². The number of nitrogens with one attached hydrogen (secondary N) is 1. The molecule has 1 aromatic carbocycles. The first-order valence-electron chi connectivity index (χ1n) is 3.97. The van der Waals surface area contributed by atoms with Crippen LogP contribution in [0.1, 0.15) is 5.82 Å². The molecule has 0 saturated heterocycles. The molecule has 2 rings (SSSR count). The van der Waals surface area contributed by atoms with Gasteiger partial charge in [-0.15, -0.1) is 0 Å². The molecule has 70 valence electrons. The number of H-pyrrole nitrogens is 1. The fourth-order valence-electron chi connectivity index (χ4n) is 1.20. The standard InChI is InChI=1S/C9H7N3O2/c13-5-8(12-14)9-10-6-3-1-2-4-7(6)11-9/h1-5,14H,(H,10,11). The van der Waals surface area contributed by atoms with Crippen LogP contribution >= 0.6 is 0 Å². The molecule has 5 nitrogen and oxygen atoms in total. The van der Waals surface area contributed by atoms with Gasteiger partial charge in [0.1, 0.15) is 0 Å². The summed E-state index contributed by atoms with van der Waals surface area (Å²) in [4.78, 5) is 17.4. The number of para-hydroxylation sites is 2. The van der Waals surface area contributed by atoms with Crippen LogP contribution in [0.25, 0.3) is 11.0 Å². The Balaban J connectivity index is 2.60. The van der Waals surface area contributed by atoms with Gasteiger partial charge in [-0.05, 0) is 12.1 Å². The highest BCUT2D eigenvalue weighted by atomic mass is 16.4. The molecule has 0 saturated carbocycles. The Morgan fingerprint density at radius 2 is 2.29 bits per heavy atom. The summed E-state index contributed by atoms with van der Waals surface area (Å²) in [6.07, 6.45) is 0.442. The van der Waals surface area contributed by atoms with Gasteiger partial charge in [0.2, 0.25) is 0 Å². The summed E-state index contributed by atoms with van der Waals surface area (Å²) >= 11 is 0. The minimum absolute atomic E-state index is 0.110. The van der Waals surface area contributed by atoms with Crippen molar-refractivity contribution in [3.05, 3.63) is 30.1 Å². The molecule has 2 N–H and O–H groups in total. The Kier molecular flexibility index (Phi) is 1.98. The molecule has 0 amide bonds. The predicted molar refractivity (Wildman–Crippen MR) is 50.5 cm³/mol. The van der Waals surface area contributed by atoms with Crippen LogP contribution in [0.15, 0.2) is 29.4 Å². The van der Waals surface area contributed by atoms with Crippen molar-refractivity contribution in [1.29, 1.82) is 0 Å². The molecule has 14 heavy (non-hydrogen) atoms. The molecule has 0 atom stereocenters. The maximum atomic E-state index is 10.5. The van der Waals surface area contributed by atoms with Gasteiger partial charge in [-0.1, -0.05) is 17.3 Å². The van der Waals surface area contributed by atoms with E-state index in [9.17, 15) is 4.79 Å². The summed E-state index contributed by atoms with van der Waals surface area (Å²) in [5, 5.41) is 11.3. The summed E-state index contributed by atoms with van der Waals surface area (Å²) in [6.45, 7) is 0.